The van der Waals surface area contributed by atoms with E-state index in [9.17, 15) is 0 Å². The fourth-order valence-electron chi connectivity index (χ4n) is 3.61. The summed E-state index contributed by atoms with van der Waals surface area (Å²) >= 11 is 0. The van der Waals surface area contributed by atoms with E-state index in [0.717, 1.165) is 54.0 Å². The molecule has 2 unspecified atom stereocenters. The molecule has 2 atom stereocenters. The number of nitrogens with one attached hydrogen (secondary N) is 1. The summed E-state index contributed by atoms with van der Waals surface area (Å²) in [5.41, 5.74) is 3.04. The maximum absolute atomic E-state index is 4.86. The summed E-state index contributed by atoms with van der Waals surface area (Å²) in [6.45, 7) is 6.65. The Bertz CT molecular complexity index is 639. The summed E-state index contributed by atoms with van der Waals surface area (Å²) in [5.74, 6) is 2.71. The van der Waals surface area contributed by atoms with Crippen molar-refractivity contribution in [3.63, 3.8) is 0 Å². The highest BCUT2D eigenvalue weighted by Gasteiger charge is 2.33. The molecule has 2 aromatic rings. The zero-order valence-corrected chi connectivity index (χ0v) is 11.8. The van der Waals surface area contributed by atoms with Crippen LogP contribution in [0.25, 0.3) is 11.0 Å². The molecule has 2 aliphatic heterocycles. The van der Waals surface area contributed by atoms with Crippen molar-refractivity contribution in [3.05, 3.63) is 30.0 Å². The molecule has 4 nitrogen and oxygen atoms in total. The third kappa shape index (κ3) is 1.95. The Morgan fingerprint density at radius 1 is 1.10 bits per heavy atom. The lowest BCUT2D eigenvalue weighted by Crippen LogP contribution is -2.40. The first-order chi connectivity index (χ1) is 9.81. The second-order valence-corrected chi connectivity index (χ2v) is 6.03. The summed E-state index contributed by atoms with van der Waals surface area (Å²) < 4.78 is 0. The fourth-order valence-corrected chi connectivity index (χ4v) is 3.61. The van der Waals surface area contributed by atoms with Crippen LogP contribution in [0.2, 0.25) is 0 Å². The van der Waals surface area contributed by atoms with E-state index in [1.165, 1.54) is 13.0 Å². The molecule has 0 amide bonds. The highest BCUT2D eigenvalue weighted by molar-refractivity contribution is 5.76. The number of aryl methyl sites for hydroxylation is 1. The first-order valence-corrected chi connectivity index (χ1v) is 7.50. The van der Waals surface area contributed by atoms with E-state index in [2.05, 4.69) is 23.2 Å². The number of nitrogens with zero attached hydrogens (tertiary/aromatic N) is 3. The molecule has 1 aromatic carbocycles. The molecular weight excluding hydrogens is 248 g/mol. The van der Waals surface area contributed by atoms with Gasteiger partial charge in [0.2, 0.25) is 0 Å². The Balaban J connectivity index is 1.69. The highest BCUT2D eigenvalue weighted by atomic mass is 15.2. The minimum absolute atomic E-state index is 0.774. The Hall–Kier alpha value is -1.68. The van der Waals surface area contributed by atoms with Crippen molar-refractivity contribution in [3.8, 4) is 0 Å². The molecule has 104 valence electrons. The molecule has 3 heterocycles. The van der Waals surface area contributed by atoms with E-state index in [4.69, 9.17) is 9.97 Å². The van der Waals surface area contributed by atoms with Crippen LogP contribution in [-0.2, 0) is 0 Å². The summed E-state index contributed by atoms with van der Waals surface area (Å²) in [5, 5.41) is 3.52. The highest BCUT2D eigenvalue weighted by Crippen LogP contribution is 2.30. The lowest BCUT2D eigenvalue weighted by atomic mass is 9.88. The van der Waals surface area contributed by atoms with Crippen LogP contribution >= 0.6 is 0 Å². The molecule has 4 heteroatoms. The smallest absolute Gasteiger partial charge is 0.150 e. The molecule has 0 bridgehead atoms. The van der Waals surface area contributed by atoms with E-state index in [-0.39, 0.29) is 0 Å². The Kier molecular flexibility index (Phi) is 2.84. The van der Waals surface area contributed by atoms with Crippen molar-refractivity contribution < 1.29 is 0 Å². The molecule has 20 heavy (non-hydrogen) atoms. The lowest BCUT2D eigenvalue weighted by molar-refractivity contribution is 0.347. The summed E-state index contributed by atoms with van der Waals surface area (Å²) in [4.78, 5) is 12.0. The lowest BCUT2D eigenvalue weighted by Gasteiger charge is -2.35. The second-order valence-electron chi connectivity index (χ2n) is 6.03. The molecule has 2 saturated heterocycles. The average Bonchev–Trinajstić information content (AvgIpc) is 2.94. The number of aromatic nitrogens is 2. The summed E-state index contributed by atoms with van der Waals surface area (Å²) in [6, 6.07) is 8.14. The van der Waals surface area contributed by atoms with Crippen LogP contribution in [-0.4, -0.2) is 36.1 Å². The molecule has 1 N–H and O–H groups in total. The van der Waals surface area contributed by atoms with Gasteiger partial charge < -0.3 is 10.2 Å². The fraction of sp³-hybridized carbons (Fsp3) is 0.500. The van der Waals surface area contributed by atoms with Gasteiger partial charge >= 0.3 is 0 Å². The quantitative estimate of drug-likeness (QED) is 0.858. The molecule has 0 saturated carbocycles. The second kappa shape index (κ2) is 4.70. The van der Waals surface area contributed by atoms with E-state index < -0.39 is 0 Å². The maximum atomic E-state index is 4.86. The van der Waals surface area contributed by atoms with Crippen molar-refractivity contribution in [2.45, 2.75) is 13.3 Å². The van der Waals surface area contributed by atoms with Crippen LogP contribution in [0.15, 0.2) is 24.3 Å². The first kappa shape index (κ1) is 12.1. The van der Waals surface area contributed by atoms with Gasteiger partial charge in [-0.2, -0.15) is 0 Å². The number of anilines is 1. The van der Waals surface area contributed by atoms with Crippen LogP contribution in [0.5, 0.6) is 0 Å². The predicted molar refractivity (Wildman–Crippen MR) is 81.0 cm³/mol. The molecule has 0 radical (unpaired) electrons. The number of benzene rings is 1. The molecule has 2 fully saturated rings. The van der Waals surface area contributed by atoms with E-state index in [1.54, 1.807) is 0 Å². The average molecular weight is 268 g/mol. The largest absolute Gasteiger partial charge is 0.355 e. The predicted octanol–water partition coefficient (Wildman–Crippen LogP) is 1.98. The van der Waals surface area contributed by atoms with Gasteiger partial charge in [0.1, 0.15) is 0 Å². The molecule has 0 spiro atoms. The van der Waals surface area contributed by atoms with E-state index in [0.29, 0.717) is 0 Å². The van der Waals surface area contributed by atoms with Gasteiger partial charge in [-0.25, -0.2) is 9.97 Å². The molecule has 4 rings (SSSR count). The maximum Gasteiger partial charge on any atom is 0.150 e. The van der Waals surface area contributed by atoms with Crippen molar-refractivity contribution >= 4 is 16.9 Å². The van der Waals surface area contributed by atoms with Crippen LogP contribution in [0.3, 0.4) is 0 Å². The zero-order chi connectivity index (χ0) is 13.5. The normalized spacial score (nSPS) is 25.9. The molecule has 0 aliphatic carbocycles. The number of piperidine rings is 1. The number of rotatable bonds is 1. The molecule has 1 aromatic heterocycles. The summed E-state index contributed by atoms with van der Waals surface area (Å²) in [6.07, 6.45) is 1.27. The minimum Gasteiger partial charge on any atom is -0.355 e. The van der Waals surface area contributed by atoms with Crippen molar-refractivity contribution in [2.24, 2.45) is 11.8 Å². The van der Waals surface area contributed by atoms with Gasteiger partial charge in [-0.15, -0.1) is 0 Å². The Morgan fingerprint density at radius 2 is 1.85 bits per heavy atom. The third-order valence-corrected chi connectivity index (χ3v) is 4.72. The first-order valence-electron chi connectivity index (χ1n) is 7.50. The van der Waals surface area contributed by atoms with Gasteiger partial charge in [0, 0.05) is 13.1 Å². The van der Waals surface area contributed by atoms with Crippen LogP contribution < -0.4 is 10.2 Å². The summed E-state index contributed by atoms with van der Waals surface area (Å²) in [7, 11) is 0. The minimum atomic E-state index is 0.774. The number of para-hydroxylation sites is 2. The van der Waals surface area contributed by atoms with Gasteiger partial charge in [-0.1, -0.05) is 12.1 Å². The van der Waals surface area contributed by atoms with Crippen molar-refractivity contribution in [1.29, 1.82) is 0 Å². The van der Waals surface area contributed by atoms with Gasteiger partial charge in [0.15, 0.2) is 5.82 Å². The standard InChI is InChI=1S/C16H20N4/c1-11-16(19-15-5-3-2-4-14(15)18-11)20-7-6-12-8-17-9-13(12)10-20/h2-5,12-13,17H,6-10H2,1H3. The topological polar surface area (TPSA) is 41.1 Å². The Labute approximate surface area is 119 Å². The SMILES string of the molecule is Cc1nc2ccccc2nc1N1CCC2CNCC2C1. The number of fused-ring (bicyclic) bond motifs is 2. The monoisotopic (exact) mass is 268 g/mol. The van der Waals surface area contributed by atoms with Crippen molar-refractivity contribution in [1.82, 2.24) is 15.3 Å². The van der Waals surface area contributed by atoms with Crippen molar-refractivity contribution in [2.75, 3.05) is 31.1 Å². The van der Waals surface area contributed by atoms with Crippen LogP contribution in [0, 0.1) is 18.8 Å². The third-order valence-electron chi connectivity index (χ3n) is 4.72. The zero-order valence-electron chi connectivity index (χ0n) is 11.8. The van der Waals surface area contributed by atoms with E-state index >= 15 is 0 Å². The molecule has 2 aliphatic rings. The van der Waals surface area contributed by atoms with Gasteiger partial charge in [0.25, 0.3) is 0 Å². The molecular formula is C16H20N4. The Morgan fingerprint density at radius 3 is 2.70 bits per heavy atom. The van der Waals surface area contributed by atoms with Gasteiger partial charge in [-0.3, -0.25) is 0 Å². The van der Waals surface area contributed by atoms with Crippen LogP contribution in [0.4, 0.5) is 5.82 Å². The van der Waals surface area contributed by atoms with E-state index in [1.807, 2.05) is 18.2 Å². The van der Waals surface area contributed by atoms with Crippen LogP contribution in [0.1, 0.15) is 12.1 Å². The number of hydrogen-bond acceptors (Lipinski definition) is 4. The number of hydrogen-bond donors (Lipinski definition) is 1. The van der Waals surface area contributed by atoms with Gasteiger partial charge in [-0.05, 0) is 50.4 Å². The van der Waals surface area contributed by atoms with Gasteiger partial charge in [0.05, 0.1) is 16.7 Å².